The number of hydrogen-bond acceptors (Lipinski definition) is 3. The van der Waals surface area contributed by atoms with Gasteiger partial charge < -0.3 is 15.6 Å². The Hall–Kier alpha value is -0.120. The van der Waals surface area contributed by atoms with Crippen molar-refractivity contribution in [3.8, 4) is 0 Å². The first-order valence-corrected chi connectivity index (χ1v) is 4.83. The molecule has 80 valence electrons. The molecular weight excluding hydrogens is 166 g/mol. The molecule has 0 saturated heterocycles. The van der Waals surface area contributed by atoms with E-state index in [0.717, 1.165) is 6.42 Å². The van der Waals surface area contributed by atoms with Crippen molar-refractivity contribution in [2.45, 2.75) is 51.7 Å². The molecule has 0 heterocycles. The van der Waals surface area contributed by atoms with Crippen LogP contribution < -0.4 is 5.73 Å². The Labute approximate surface area is 81.3 Å². The maximum Gasteiger partial charge on any atom is 0.0742 e. The van der Waals surface area contributed by atoms with Gasteiger partial charge in [0.2, 0.25) is 0 Å². The van der Waals surface area contributed by atoms with Crippen LogP contribution in [0.3, 0.4) is 0 Å². The molecule has 0 saturated carbocycles. The third kappa shape index (κ3) is 8.22. The van der Waals surface area contributed by atoms with Gasteiger partial charge >= 0.3 is 0 Å². The van der Waals surface area contributed by atoms with E-state index in [0.29, 0.717) is 19.6 Å². The maximum absolute atomic E-state index is 9.57. The van der Waals surface area contributed by atoms with Gasteiger partial charge in [-0.2, -0.15) is 0 Å². The lowest BCUT2D eigenvalue weighted by Crippen LogP contribution is -2.34. The summed E-state index contributed by atoms with van der Waals surface area (Å²) in [5.41, 5.74) is 4.56. The van der Waals surface area contributed by atoms with Crippen molar-refractivity contribution in [3.63, 3.8) is 0 Å². The predicted molar refractivity (Wildman–Crippen MR) is 54.6 cm³/mol. The zero-order chi connectivity index (χ0) is 10.5. The summed E-state index contributed by atoms with van der Waals surface area (Å²) in [7, 11) is 0. The monoisotopic (exact) mass is 189 g/mol. The first kappa shape index (κ1) is 12.9. The molecule has 3 N–H and O–H groups in total. The molecule has 0 aromatic carbocycles. The second-order valence-electron chi connectivity index (χ2n) is 4.77. The lowest BCUT2D eigenvalue weighted by Gasteiger charge is -2.23. The van der Waals surface area contributed by atoms with E-state index in [9.17, 15) is 5.11 Å². The normalized spacial score (nSPS) is 17.1. The molecule has 0 fully saturated rings. The van der Waals surface area contributed by atoms with Gasteiger partial charge in [-0.05, 0) is 40.5 Å². The lowest BCUT2D eigenvalue weighted by atomic mass is 10.0. The fourth-order valence-corrected chi connectivity index (χ4v) is 0.933. The Morgan fingerprint density at radius 1 is 1.23 bits per heavy atom. The van der Waals surface area contributed by atoms with E-state index < -0.39 is 5.60 Å². The minimum absolute atomic E-state index is 0.0887. The highest BCUT2D eigenvalue weighted by Crippen LogP contribution is 2.12. The number of rotatable bonds is 5. The highest BCUT2D eigenvalue weighted by molar-refractivity contribution is 4.72. The summed E-state index contributed by atoms with van der Waals surface area (Å²) < 4.78 is 5.52. The third-order valence-electron chi connectivity index (χ3n) is 1.83. The van der Waals surface area contributed by atoms with Crippen LogP contribution in [0.1, 0.15) is 40.5 Å². The highest BCUT2D eigenvalue weighted by atomic mass is 16.5. The number of ether oxygens (including phenoxy) is 1. The summed E-state index contributed by atoms with van der Waals surface area (Å²) >= 11 is 0. The van der Waals surface area contributed by atoms with Crippen molar-refractivity contribution in [2.75, 3.05) is 13.2 Å². The topological polar surface area (TPSA) is 55.5 Å². The number of nitrogens with two attached hydrogens (primary N) is 1. The highest BCUT2D eigenvalue weighted by Gasteiger charge is 2.17. The van der Waals surface area contributed by atoms with Crippen molar-refractivity contribution in [1.29, 1.82) is 0 Å². The Kier molecular flexibility index (Phi) is 4.89. The SMILES string of the molecule is CC(O)(CN)CCCOC(C)(C)C. The van der Waals surface area contributed by atoms with Crippen molar-refractivity contribution >= 4 is 0 Å². The predicted octanol–water partition coefficient (Wildman–Crippen LogP) is 1.29. The van der Waals surface area contributed by atoms with E-state index in [1.807, 2.05) is 20.8 Å². The van der Waals surface area contributed by atoms with E-state index in [2.05, 4.69) is 0 Å². The molecule has 0 aliphatic heterocycles. The second-order valence-corrected chi connectivity index (χ2v) is 4.77. The zero-order valence-corrected chi connectivity index (χ0v) is 9.26. The molecule has 0 aliphatic rings. The minimum atomic E-state index is -0.735. The van der Waals surface area contributed by atoms with E-state index in [4.69, 9.17) is 10.5 Å². The summed E-state index contributed by atoms with van der Waals surface area (Å²) in [5.74, 6) is 0. The van der Waals surface area contributed by atoms with Crippen LogP contribution in [0.5, 0.6) is 0 Å². The Morgan fingerprint density at radius 2 is 1.77 bits per heavy atom. The van der Waals surface area contributed by atoms with Crippen LogP contribution in [-0.4, -0.2) is 29.5 Å². The maximum atomic E-state index is 9.57. The van der Waals surface area contributed by atoms with Crippen LogP contribution in [0.2, 0.25) is 0 Å². The largest absolute Gasteiger partial charge is 0.389 e. The molecule has 13 heavy (non-hydrogen) atoms. The van der Waals surface area contributed by atoms with Crippen LogP contribution in [0, 0.1) is 0 Å². The van der Waals surface area contributed by atoms with Crippen LogP contribution >= 0.6 is 0 Å². The summed E-state index contributed by atoms with van der Waals surface area (Å²) in [6.07, 6.45) is 1.54. The van der Waals surface area contributed by atoms with E-state index in [1.54, 1.807) is 6.92 Å². The van der Waals surface area contributed by atoms with Crippen molar-refractivity contribution < 1.29 is 9.84 Å². The van der Waals surface area contributed by atoms with Gasteiger partial charge in [0.25, 0.3) is 0 Å². The minimum Gasteiger partial charge on any atom is -0.389 e. The van der Waals surface area contributed by atoms with Gasteiger partial charge in [-0.25, -0.2) is 0 Å². The molecule has 0 aliphatic carbocycles. The number of aliphatic hydroxyl groups is 1. The molecule has 0 bridgehead atoms. The van der Waals surface area contributed by atoms with Gasteiger partial charge in [-0.3, -0.25) is 0 Å². The first-order valence-electron chi connectivity index (χ1n) is 4.83. The van der Waals surface area contributed by atoms with Gasteiger partial charge in [0, 0.05) is 13.2 Å². The smallest absolute Gasteiger partial charge is 0.0742 e. The van der Waals surface area contributed by atoms with Crippen LogP contribution in [0.4, 0.5) is 0 Å². The Balaban J connectivity index is 3.47. The third-order valence-corrected chi connectivity index (χ3v) is 1.83. The molecule has 0 aromatic rings. The van der Waals surface area contributed by atoms with Gasteiger partial charge in [-0.1, -0.05) is 0 Å². The Bertz CT molecular complexity index is 138. The number of hydrogen-bond donors (Lipinski definition) is 2. The van der Waals surface area contributed by atoms with Crippen molar-refractivity contribution in [2.24, 2.45) is 5.73 Å². The average Bonchev–Trinajstić information content (AvgIpc) is 1.97. The van der Waals surface area contributed by atoms with Gasteiger partial charge in [0.1, 0.15) is 0 Å². The Morgan fingerprint density at radius 3 is 2.15 bits per heavy atom. The molecule has 0 amide bonds. The molecule has 0 radical (unpaired) electrons. The molecule has 0 aromatic heterocycles. The fourth-order valence-electron chi connectivity index (χ4n) is 0.933. The first-order chi connectivity index (χ1) is 5.77. The molecular formula is C10H23NO2. The van der Waals surface area contributed by atoms with Gasteiger partial charge in [0.05, 0.1) is 11.2 Å². The van der Waals surface area contributed by atoms with E-state index in [-0.39, 0.29) is 5.60 Å². The van der Waals surface area contributed by atoms with E-state index >= 15 is 0 Å². The van der Waals surface area contributed by atoms with Crippen LogP contribution in [0.25, 0.3) is 0 Å². The van der Waals surface area contributed by atoms with Gasteiger partial charge in [-0.15, -0.1) is 0 Å². The summed E-state index contributed by atoms with van der Waals surface area (Å²) in [4.78, 5) is 0. The quantitative estimate of drug-likeness (QED) is 0.641. The van der Waals surface area contributed by atoms with Crippen molar-refractivity contribution in [1.82, 2.24) is 0 Å². The summed E-state index contributed by atoms with van der Waals surface area (Å²) in [6.45, 7) is 8.81. The molecule has 0 spiro atoms. The second kappa shape index (κ2) is 4.94. The molecule has 0 rings (SSSR count). The van der Waals surface area contributed by atoms with E-state index in [1.165, 1.54) is 0 Å². The van der Waals surface area contributed by atoms with Crippen molar-refractivity contribution in [3.05, 3.63) is 0 Å². The standard InChI is InChI=1S/C10H23NO2/c1-9(2,3)13-7-5-6-10(4,12)8-11/h12H,5-8,11H2,1-4H3. The summed E-state index contributed by atoms with van der Waals surface area (Å²) in [6, 6.07) is 0. The molecule has 3 heteroatoms. The zero-order valence-electron chi connectivity index (χ0n) is 9.26. The molecule has 3 nitrogen and oxygen atoms in total. The van der Waals surface area contributed by atoms with Gasteiger partial charge in [0.15, 0.2) is 0 Å². The van der Waals surface area contributed by atoms with Crippen LogP contribution in [0.15, 0.2) is 0 Å². The lowest BCUT2D eigenvalue weighted by molar-refractivity contribution is -0.0169. The summed E-state index contributed by atoms with van der Waals surface area (Å²) in [5, 5.41) is 9.57. The average molecular weight is 189 g/mol. The van der Waals surface area contributed by atoms with Crippen LogP contribution in [-0.2, 0) is 4.74 Å². The fraction of sp³-hybridized carbons (Fsp3) is 1.00. The molecule has 1 unspecified atom stereocenters. The molecule has 1 atom stereocenters.